The highest BCUT2D eigenvalue weighted by molar-refractivity contribution is 6.11. The largest absolute Gasteiger partial charge is 0.456 e. The van der Waals surface area contributed by atoms with E-state index in [-0.39, 0.29) is 6.17 Å². The lowest BCUT2D eigenvalue weighted by atomic mass is 9.95. The van der Waals surface area contributed by atoms with Gasteiger partial charge in [0.1, 0.15) is 16.8 Å². The van der Waals surface area contributed by atoms with Gasteiger partial charge in [0.2, 0.25) is 0 Å². The van der Waals surface area contributed by atoms with Crippen molar-refractivity contribution >= 4 is 56.0 Å². The first-order chi connectivity index (χ1) is 26.8. The summed E-state index contributed by atoms with van der Waals surface area (Å²) in [6.07, 6.45) is 10.7. The molecule has 0 amide bonds. The smallest absolute Gasteiger partial charge is 0.154 e. The first kappa shape index (κ1) is 30.9. The summed E-state index contributed by atoms with van der Waals surface area (Å²) >= 11 is 0. The van der Waals surface area contributed by atoms with Crippen molar-refractivity contribution in [1.82, 2.24) is 9.47 Å². The minimum absolute atomic E-state index is 0.0752. The lowest BCUT2D eigenvalue weighted by Crippen LogP contribution is -2.43. The van der Waals surface area contributed by atoms with Crippen molar-refractivity contribution < 1.29 is 4.42 Å². The van der Waals surface area contributed by atoms with Gasteiger partial charge < -0.3 is 13.9 Å². The average molecular weight is 696 g/mol. The molecular weight excluding hydrogens is 659 g/mol. The fourth-order valence-corrected chi connectivity index (χ4v) is 8.83. The van der Waals surface area contributed by atoms with E-state index in [2.05, 4.69) is 179 Å². The number of rotatable bonds is 6. The van der Waals surface area contributed by atoms with Crippen molar-refractivity contribution in [3.05, 3.63) is 197 Å². The number of fused-ring (bicyclic) bond motifs is 6. The predicted molar refractivity (Wildman–Crippen MR) is 222 cm³/mol. The number of nitrogens with zero attached hydrogens (tertiary/aromatic N) is 3. The molecule has 2 aliphatic carbocycles. The summed E-state index contributed by atoms with van der Waals surface area (Å²) in [7, 11) is 0. The number of amidine groups is 1. The third-order valence-corrected chi connectivity index (χ3v) is 11.4. The Hall–Kier alpha value is -6.65. The molecule has 4 nitrogen and oxygen atoms in total. The summed E-state index contributed by atoms with van der Waals surface area (Å²) in [5.74, 6) is 1.03. The van der Waals surface area contributed by atoms with Crippen LogP contribution >= 0.6 is 0 Å². The number of hydrogen-bond acceptors (Lipinski definition) is 3. The molecule has 258 valence electrons. The molecule has 0 bridgehead atoms. The van der Waals surface area contributed by atoms with Gasteiger partial charge in [0.25, 0.3) is 0 Å². The van der Waals surface area contributed by atoms with Crippen LogP contribution in [-0.2, 0) is 0 Å². The van der Waals surface area contributed by atoms with Gasteiger partial charge in [-0.25, -0.2) is 4.99 Å². The van der Waals surface area contributed by atoms with Crippen LogP contribution in [-0.4, -0.2) is 15.3 Å². The van der Waals surface area contributed by atoms with Gasteiger partial charge in [-0.2, -0.15) is 0 Å². The highest BCUT2D eigenvalue weighted by Crippen LogP contribution is 2.42. The molecule has 54 heavy (non-hydrogen) atoms. The summed E-state index contributed by atoms with van der Waals surface area (Å²) in [5.41, 5.74) is 14.3. The molecule has 1 unspecified atom stereocenters. The Balaban J connectivity index is 1.02. The molecule has 0 saturated heterocycles. The van der Waals surface area contributed by atoms with Crippen molar-refractivity contribution in [3.8, 4) is 11.1 Å². The Labute approximate surface area is 313 Å². The van der Waals surface area contributed by atoms with Crippen molar-refractivity contribution in [2.45, 2.75) is 31.8 Å². The second-order valence-corrected chi connectivity index (χ2v) is 14.5. The lowest BCUT2D eigenvalue weighted by Gasteiger charge is -2.43. The maximum Gasteiger partial charge on any atom is 0.154 e. The molecule has 0 fully saturated rings. The molecule has 1 atom stereocenters. The van der Waals surface area contributed by atoms with E-state index in [1.54, 1.807) is 0 Å². The third kappa shape index (κ3) is 4.94. The number of hydrogen-bond donors (Lipinski definition) is 0. The molecule has 4 heteroatoms. The normalized spacial score (nSPS) is 16.8. The second kappa shape index (κ2) is 12.5. The molecule has 11 rings (SSSR count). The van der Waals surface area contributed by atoms with Crippen LogP contribution in [0.5, 0.6) is 0 Å². The van der Waals surface area contributed by atoms with Crippen LogP contribution in [0.25, 0.3) is 61.2 Å². The molecule has 2 aromatic heterocycles. The minimum atomic E-state index is -0.0752. The topological polar surface area (TPSA) is 33.7 Å². The zero-order valence-corrected chi connectivity index (χ0v) is 29.8. The fourth-order valence-electron chi connectivity index (χ4n) is 8.83. The van der Waals surface area contributed by atoms with Crippen molar-refractivity contribution in [1.29, 1.82) is 0 Å². The summed E-state index contributed by atoms with van der Waals surface area (Å²) in [6.45, 7) is 0. The molecule has 6 aromatic carbocycles. The predicted octanol–water partition coefficient (Wildman–Crippen LogP) is 11.0. The number of para-hydroxylation sites is 2. The first-order valence-corrected chi connectivity index (χ1v) is 19.0. The zero-order valence-electron chi connectivity index (χ0n) is 29.8. The molecular formula is C50H37N3O. The van der Waals surface area contributed by atoms with Crippen molar-refractivity contribution in [2.24, 2.45) is 4.99 Å². The number of allylic oxidation sites excluding steroid dienone is 4. The van der Waals surface area contributed by atoms with Crippen molar-refractivity contribution in [3.63, 3.8) is 0 Å². The summed E-state index contributed by atoms with van der Waals surface area (Å²) in [6, 6.07) is 54.3. The molecule has 0 radical (unpaired) electrons. The van der Waals surface area contributed by atoms with Gasteiger partial charge in [-0.15, -0.1) is 0 Å². The Kier molecular flexibility index (Phi) is 7.16. The van der Waals surface area contributed by atoms with E-state index in [0.29, 0.717) is 0 Å². The molecule has 0 saturated carbocycles. The highest BCUT2D eigenvalue weighted by atomic mass is 16.3. The summed E-state index contributed by atoms with van der Waals surface area (Å²) in [4.78, 5) is 7.71. The molecule has 0 N–H and O–H groups in total. The van der Waals surface area contributed by atoms with Gasteiger partial charge >= 0.3 is 0 Å². The van der Waals surface area contributed by atoms with Crippen LogP contribution in [0.15, 0.2) is 179 Å². The Morgan fingerprint density at radius 3 is 2.07 bits per heavy atom. The van der Waals surface area contributed by atoms with Crippen LogP contribution in [0.3, 0.4) is 0 Å². The standard InChI is InChI=1S/C50H37N3O/c1-3-13-33(14-4-1)35-17-11-18-37(31-35)50-51-49(34-15-5-2-6-16-34)53(50)39-28-26-38(27-29-39)52-45-23-9-7-19-41(45)42-30-25-36(32-46(42)52)40-21-12-22-44-43-20-8-10-24-47(43)54-48(40)44/h1-11,13-20,22-26,28,30-32,50H,12,21,27,29H2. The van der Waals surface area contributed by atoms with Gasteiger partial charge in [0.15, 0.2) is 6.17 Å². The molecule has 3 heterocycles. The Morgan fingerprint density at radius 2 is 1.24 bits per heavy atom. The van der Waals surface area contributed by atoms with Gasteiger partial charge in [-0.1, -0.05) is 133 Å². The second-order valence-electron chi connectivity index (χ2n) is 14.5. The maximum absolute atomic E-state index is 6.53. The van der Waals surface area contributed by atoms with E-state index in [0.717, 1.165) is 48.1 Å². The van der Waals surface area contributed by atoms with Gasteiger partial charge in [0.05, 0.1) is 11.0 Å². The number of furan rings is 1. The molecule has 1 aliphatic heterocycles. The number of aromatic nitrogens is 1. The zero-order chi connectivity index (χ0) is 35.6. The van der Waals surface area contributed by atoms with Crippen LogP contribution in [0.1, 0.15) is 48.5 Å². The summed E-state index contributed by atoms with van der Waals surface area (Å²) < 4.78 is 9.03. The van der Waals surface area contributed by atoms with Gasteiger partial charge in [-0.05, 0) is 84.4 Å². The Bertz CT molecular complexity index is 3000. The van der Waals surface area contributed by atoms with Crippen molar-refractivity contribution in [2.75, 3.05) is 0 Å². The monoisotopic (exact) mass is 695 g/mol. The van der Waals surface area contributed by atoms with E-state index in [1.165, 1.54) is 71.6 Å². The maximum atomic E-state index is 6.53. The van der Waals surface area contributed by atoms with Crippen LogP contribution in [0.4, 0.5) is 0 Å². The Morgan fingerprint density at radius 1 is 0.537 bits per heavy atom. The van der Waals surface area contributed by atoms with E-state index < -0.39 is 0 Å². The third-order valence-electron chi connectivity index (χ3n) is 11.4. The van der Waals surface area contributed by atoms with Gasteiger partial charge in [-0.3, -0.25) is 0 Å². The van der Waals surface area contributed by atoms with E-state index in [9.17, 15) is 0 Å². The average Bonchev–Trinajstić information content (AvgIpc) is 3.77. The quantitative estimate of drug-likeness (QED) is 0.174. The highest BCUT2D eigenvalue weighted by Gasteiger charge is 2.36. The van der Waals surface area contributed by atoms with Crippen LogP contribution in [0, 0.1) is 0 Å². The van der Waals surface area contributed by atoms with Crippen LogP contribution < -0.4 is 10.6 Å². The first-order valence-electron chi connectivity index (χ1n) is 19.0. The van der Waals surface area contributed by atoms with E-state index >= 15 is 0 Å². The van der Waals surface area contributed by atoms with Gasteiger partial charge in [0, 0.05) is 43.9 Å². The SMILES string of the molecule is C1=C(N2C(c3ccccc3)=NC2c2cccc(-c3ccccc3)c2)CCC(n2c3ccccc3c3ccc(C4=c5oc6ccccc6c5=CCC4)cc32)=C1. The molecule has 8 aromatic rings. The lowest BCUT2D eigenvalue weighted by molar-refractivity contribution is 0.328. The van der Waals surface area contributed by atoms with E-state index in [4.69, 9.17) is 9.41 Å². The number of aliphatic imine (C=N–C) groups is 1. The number of benzene rings is 6. The minimum Gasteiger partial charge on any atom is -0.456 e. The van der Waals surface area contributed by atoms with Crippen LogP contribution in [0.2, 0.25) is 0 Å². The summed E-state index contributed by atoms with van der Waals surface area (Å²) in [5, 5.41) is 4.98. The van der Waals surface area contributed by atoms with E-state index in [1.807, 2.05) is 0 Å². The molecule has 0 spiro atoms. The fraction of sp³-hybridized carbons (Fsp3) is 0.100. The molecule has 3 aliphatic rings.